The Kier molecular flexibility index (Phi) is 4.65. The lowest BCUT2D eigenvalue weighted by Gasteiger charge is -2.16. The van der Waals surface area contributed by atoms with E-state index in [-0.39, 0.29) is 6.04 Å². The Morgan fingerprint density at radius 2 is 1.96 bits per heavy atom. The predicted octanol–water partition coefficient (Wildman–Crippen LogP) is 3.83. The summed E-state index contributed by atoms with van der Waals surface area (Å²) in [5, 5.41) is 14.7. The topological polar surface area (TPSA) is 54.6 Å². The normalized spacial score (nSPS) is 13.9. The fourth-order valence-corrected chi connectivity index (χ4v) is 2.57. The Bertz CT molecular complexity index is 748. The highest BCUT2D eigenvalue weighted by atomic mass is 16.5. The van der Waals surface area contributed by atoms with Crippen molar-refractivity contribution < 1.29 is 14.3 Å². The van der Waals surface area contributed by atoms with E-state index >= 15 is 0 Å². The molecule has 0 bridgehead atoms. The largest absolute Gasteiger partial charge is 0.497 e. The molecule has 0 amide bonds. The fraction of sp³-hybridized carbons (Fsp3) is 0.263. The minimum absolute atomic E-state index is 0.0163. The van der Waals surface area contributed by atoms with Crippen LogP contribution in [0.4, 0.5) is 0 Å². The molecular formula is C19H21NO3. The van der Waals surface area contributed by atoms with E-state index in [4.69, 9.17) is 9.15 Å². The van der Waals surface area contributed by atoms with Crippen LogP contribution in [0.1, 0.15) is 30.4 Å². The molecule has 0 aliphatic rings. The van der Waals surface area contributed by atoms with Gasteiger partial charge in [0.1, 0.15) is 17.1 Å². The van der Waals surface area contributed by atoms with Crippen LogP contribution < -0.4 is 10.1 Å². The molecule has 2 atom stereocenters. The molecule has 120 valence electrons. The van der Waals surface area contributed by atoms with E-state index < -0.39 is 6.10 Å². The number of hydrogen-bond donors (Lipinski definition) is 2. The van der Waals surface area contributed by atoms with Gasteiger partial charge in [-0.3, -0.25) is 0 Å². The summed E-state index contributed by atoms with van der Waals surface area (Å²) in [5.74, 6) is 1.61. The molecule has 0 spiro atoms. The number of nitrogens with one attached hydrogen (secondary N) is 1. The summed E-state index contributed by atoms with van der Waals surface area (Å²) >= 11 is 0. The van der Waals surface area contributed by atoms with Crippen molar-refractivity contribution in [1.82, 2.24) is 5.32 Å². The van der Waals surface area contributed by atoms with Crippen molar-refractivity contribution >= 4 is 11.0 Å². The number of rotatable bonds is 6. The summed E-state index contributed by atoms with van der Waals surface area (Å²) in [5.41, 5.74) is 1.71. The van der Waals surface area contributed by atoms with E-state index in [9.17, 15) is 5.11 Å². The summed E-state index contributed by atoms with van der Waals surface area (Å²) in [7, 11) is 1.62. The van der Waals surface area contributed by atoms with Gasteiger partial charge < -0.3 is 19.6 Å². The van der Waals surface area contributed by atoms with E-state index in [1.165, 1.54) is 0 Å². The first-order valence-electron chi connectivity index (χ1n) is 7.71. The van der Waals surface area contributed by atoms with Crippen molar-refractivity contribution in [2.45, 2.75) is 19.1 Å². The van der Waals surface area contributed by atoms with Gasteiger partial charge >= 0.3 is 0 Å². The second-order valence-electron chi connectivity index (χ2n) is 5.61. The smallest absolute Gasteiger partial charge is 0.134 e. The standard InChI is InChI=1S/C19H21NO3/c1-13(19-11-15-6-3-4-9-18(15)23-19)20-12-17(21)14-7-5-8-16(10-14)22-2/h3-11,13,17,20-21H,12H2,1-2H3. The Morgan fingerprint density at radius 1 is 1.13 bits per heavy atom. The molecule has 4 nitrogen and oxygen atoms in total. The quantitative estimate of drug-likeness (QED) is 0.726. The van der Waals surface area contributed by atoms with Gasteiger partial charge in [0, 0.05) is 11.9 Å². The number of benzene rings is 2. The zero-order valence-electron chi connectivity index (χ0n) is 13.3. The van der Waals surface area contributed by atoms with Gasteiger partial charge in [-0.15, -0.1) is 0 Å². The average molecular weight is 311 g/mol. The molecule has 2 N–H and O–H groups in total. The van der Waals surface area contributed by atoms with Crippen LogP contribution in [0.2, 0.25) is 0 Å². The van der Waals surface area contributed by atoms with E-state index in [0.717, 1.165) is 28.0 Å². The molecule has 2 unspecified atom stereocenters. The Morgan fingerprint density at radius 3 is 2.74 bits per heavy atom. The van der Waals surface area contributed by atoms with Gasteiger partial charge in [-0.1, -0.05) is 30.3 Å². The summed E-state index contributed by atoms with van der Waals surface area (Å²) in [4.78, 5) is 0. The number of methoxy groups -OCH3 is 1. The highest BCUT2D eigenvalue weighted by molar-refractivity contribution is 5.77. The van der Waals surface area contributed by atoms with Crippen molar-refractivity contribution in [3.8, 4) is 5.75 Å². The molecule has 1 heterocycles. The molecule has 0 radical (unpaired) electrons. The minimum atomic E-state index is -0.600. The van der Waals surface area contributed by atoms with Crippen LogP contribution in [0.25, 0.3) is 11.0 Å². The summed E-state index contributed by atoms with van der Waals surface area (Å²) in [6, 6.07) is 17.5. The lowest BCUT2D eigenvalue weighted by atomic mass is 10.1. The summed E-state index contributed by atoms with van der Waals surface area (Å²) in [6.45, 7) is 2.46. The van der Waals surface area contributed by atoms with E-state index in [0.29, 0.717) is 6.54 Å². The highest BCUT2D eigenvalue weighted by Gasteiger charge is 2.14. The van der Waals surface area contributed by atoms with Gasteiger partial charge in [0.05, 0.1) is 19.3 Å². The van der Waals surface area contributed by atoms with Crippen LogP contribution in [0, 0.1) is 0 Å². The van der Waals surface area contributed by atoms with Gasteiger partial charge in [-0.05, 0) is 36.8 Å². The van der Waals surface area contributed by atoms with Crippen molar-refractivity contribution in [3.63, 3.8) is 0 Å². The molecule has 4 heteroatoms. The molecule has 23 heavy (non-hydrogen) atoms. The number of ether oxygens (including phenoxy) is 1. The van der Waals surface area contributed by atoms with Crippen molar-refractivity contribution in [2.24, 2.45) is 0 Å². The monoisotopic (exact) mass is 311 g/mol. The third kappa shape index (κ3) is 3.55. The molecule has 2 aromatic carbocycles. The van der Waals surface area contributed by atoms with Crippen LogP contribution >= 0.6 is 0 Å². The molecule has 0 fully saturated rings. The highest BCUT2D eigenvalue weighted by Crippen LogP contribution is 2.24. The SMILES string of the molecule is COc1cccc(C(O)CNC(C)c2cc3ccccc3o2)c1. The van der Waals surface area contributed by atoms with Crippen molar-refractivity contribution in [1.29, 1.82) is 0 Å². The molecule has 1 aromatic heterocycles. The van der Waals surface area contributed by atoms with Crippen molar-refractivity contribution in [3.05, 3.63) is 65.9 Å². The first-order chi connectivity index (χ1) is 11.2. The lowest BCUT2D eigenvalue weighted by molar-refractivity contribution is 0.169. The number of fused-ring (bicyclic) bond motifs is 1. The number of hydrogen-bond acceptors (Lipinski definition) is 4. The third-order valence-corrected chi connectivity index (χ3v) is 3.97. The zero-order valence-corrected chi connectivity index (χ0v) is 13.3. The van der Waals surface area contributed by atoms with Gasteiger partial charge in [0.2, 0.25) is 0 Å². The molecular weight excluding hydrogens is 290 g/mol. The maximum absolute atomic E-state index is 10.3. The van der Waals surface area contributed by atoms with Gasteiger partial charge in [-0.25, -0.2) is 0 Å². The van der Waals surface area contributed by atoms with Crippen LogP contribution in [-0.4, -0.2) is 18.8 Å². The Hall–Kier alpha value is -2.30. The fourth-order valence-electron chi connectivity index (χ4n) is 2.57. The molecule has 0 saturated carbocycles. The van der Waals surface area contributed by atoms with Crippen LogP contribution in [0.5, 0.6) is 5.75 Å². The Labute approximate surface area is 135 Å². The number of furan rings is 1. The Balaban J connectivity index is 1.64. The van der Waals surface area contributed by atoms with Crippen LogP contribution in [0.3, 0.4) is 0 Å². The maximum Gasteiger partial charge on any atom is 0.134 e. The second kappa shape index (κ2) is 6.86. The number of aliphatic hydroxyl groups excluding tert-OH is 1. The van der Waals surface area contributed by atoms with Crippen LogP contribution in [0.15, 0.2) is 59.0 Å². The zero-order chi connectivity index (χ0) is 16.2. The second-order valence-corrected chi connectivity index (χ2v) is 5.61. The van der Waals surface area contributed by atoms with Crippen LogP contribution in [-0.2, 0) is 0 Å². The lowest BCUT2D eigenvalue weighted by Crippen LogP contribution is -2.24. The molecule has 3 aromatic rings. The number of para-hydroxylation sites is 1. The summed E-state index contributed by atoms with van der Waals surface area (Å²) in [6.07, 6.45) is -0.600. The van der Waals surface area contributed by atoms with Gasteiger partial charge in [0.15, 0.2) is 0 Å². The van der Waals surface area contributed by atoms with Gasteiger partial charge in [0.25, 0.3) is 0 Å². The first-order valence-corrected chi connectivity index (χ1v) is 7.71. The van der Waals surface area contributed by atoms with E-state index in [2.05, 4.69) is 5.32 Å². The number of aliphatic hydroxyl groups is 1. The molecule has 3 rings (SSSR count). The minimum Gasteiger partial charge on any atom is -0.497 e. The predicted molar refractivity (Wildman–Crippen MR) is 90.6 cm³/mol. The third-order valence-electron chi connectivity index (χ3n) is 3.97. The average Bonchev–Trinajstić information content (AvgIpc) is 3.03. The first kappa shape index (κ1) is 15.6. The van der Waals surface area contributed by atoms with Gasteiger partial charge in [-0.2, -0.15) is 0 Å². The molecule has 0 aliphatic carbocycles. The summed E-state index contributed by atoms with van der Waals surface area (Å²) < 4.78 is 11.0. The molecule has 0 aliphatic heterocycles. The van der Waals surface area contributed by atoms with Crippen molar-refractivity contribution in [2.75, 3.05) is 13.7 Å². The van der Waals surface area contributed by atoms with E-state index in [1.54, 1.807) is 7.11 Å². The molecule has 0 saturated heterocycles. The van der Waals surface area contributed by atoms with E-state index in [1.807, 2.05) is 61.5 Å². The maximum atomic E-state index is 10.3.